The molecule has 0 radical (unpaired) electrons. The van der Waals surface area contributed by atoms with E-state index in [1.807, 2.05) is 5.48 Å². The summed E-state index contributed by atoms with van der Waals surface area (Å²) in [5, 5.41) is -0.0919. The number of rotatable bonds is 4. The number of hydrogen-bond acceptors (Lipinski definition) is 4. The molecule has 0 bridgehead atoms. The molecule has 0 heterocycles. The van der Waals surface area contributed by atoms with Gasteiger partial charge < -0.3 is 5.73 Å². The zero-order chi connectivity index (χ0) is 8.85. The van der Waals surface area contributed by atoms with Crippen LogP contribution in [0, 0.1) is 0 Å². The van der Waals surface area contributed by atoms with Crippen molar-refractivity contribution in [3.8, 4) is 0 Å². The number of thiocarbonyl (C=S) groups is 1. The van der Waals surface area contributed by atoms with Crippen LogP contribution in [0.25, 0.3) is 0 Å². The van der Waals surface area contributed by atoms with Gasteiger partial charge in [0.15, 0.2) is 5.11 Å². The molecule has 12 heavy (non-hydrogen) atoms. The number of hydroxylamine groups is 1. The van der Waals surface area contributed by atoms with Gasteiger partial charge in [-0.15, -0.1) is 4.28 Å². The Morgan fingerprint density at radius 2 is 2.17 bits per heavy atom. The average Bonchev–Trinajstić information content (AvgIpc) is 1.82. The normalized spacial score (nSPS) is 11.9. The third kappa shape index (κ3) is 10.8. The van der Waals surface area contributed by atoms with Crippen molar-refractivity contribution in [3.63, 3.8) is 0 Å². The van der Waals surface area contributed by atoms with Gasteiger partial charge in [0.1, 0.15) is 0 Å². The summed E-state index contributed by atoms with van der Waals surface area (Å²) in [6.07, 6.45) is -0.177. The van der Waals surface area contributed by atoms with E-state index in [2.05, 4.69) is 20.7 Å². The van der Waals surface area contributed by atoms with E-state index < -0.39 is 11.4 Å². The van der Waals surface area contributed by atoms with Gasteiger partial charge >= 0.3 is 40.9 Å². The second-order valence-electron chi connectivity index (χ2n) is 1.90. The van der Waals surface area contributed by atoms with E-state index in [-0.39, 0.29) is 40.8 Å². The van der Waals surface area contributed by atoms with Crippen molar-refractivity contribution in [1.29, 1.82) is 0 Å². The van der Waals surface area contributed by atoms with Gasteiger partial charge in [-0.3, -0.25) is 4.18 Å². The zero-order valence-corrected chi connectivity index (χ0v) is 7.83. The molecule has 5 nitrogen and oxygen atoms in total. The fraction of sp³-hybridized carbons (Fsp3) is 0.750. The van der Waals surface area contributed by atoms with Gasteiger partial charge in [-0.1, -0.05) is 0 Å². The Bertz CT molecular complexity index is 166. The molecular weight excluding hydrogens is 211 g/mol. The topological polar surface area (TPSA) is 73.6 Å². The standard InChI is InChI=1S/C4H10N2O3S2.Na.H/c1-3(2)8-11(7)9-6-4(5)10;;/h3H,1-2H3,(H3,5,6,10);;. The Balaban J connectivity index is 0. The average molecular weight is 222 g/mol. The third-order valence-corrected chi connectivity index (χ3v) is 1.33. The maximum atomic E-state index is 10.6. The van der Waals surface area contributed by atoms with E-state index in [9.17, 15) is 4.21 Å². The molecule has 0 aliphatic heterocycles. The summed E-state index contributed by atoms with van der Waals surface area (Å²) >= 11 is 2.53. The van der Waals surface area contributed by atoms with Gasteiger partial charge in [-0.25, -0.2) is 5.48 Å². The fourth-order valence-electron chi connectivity index (χ4n) is 0.252. The quantitative estimate of drug-likeness (QED) is 0.365. The summed E-state index contributed by atoms with van der Waals surface area (Å²) in [5.41, 5.74) is 7.01. The molecule has 0 aliphatic rings. The molecule has 0 spiro atoms. The minimum atomic E-state index is -1.85. The first-order valence-corrected chi connectivity index (χ1v) is 4.25. The first kappa shape index (κ1) is 15.2. The van der Waals surface area contributed by atoms with E-state index >= 15 is 0 Å². The Labute approximate surface area is 101 Å². The monoisotopic (exact) mass is 222 g/mol. The molecule has 0 aromatic carbocycles. The van der Waals surface area contributed by atoms with Crippen molar-refractivity contribution in [3.05, 3.63) is 0 Å². The molecule has 8 heteroatoms. The van der Waals surface area contributed by atoms with Crippen molar-refractivity contribution in [2.24, 2.45) is 5.73 Å². The first-order chi connectivity index (χ1) is 5.02. The predicted molar refractivity (Wildman–Crippen MR) is 52.5 cm³/mol. The van der Waals surface area contributed by atoms with Crippen molar-refractivity contribution in [2.45, 2.75) is 20.0 Å². The van der Waals surface area contributed by atoms with Gasteiger partial charge in [0, 0.05) is 0 Å². The van der Waals surface area contributed by atoms with Crippen LogP contribution in [0.4, 0.5) is 0 Å². The molecule has 0 aromatic heterocycles. The van der Waals surface area contributed by atoms with Gasteiger partial charge in [0.25, 0.3) is 0 Å². The molecule has 0 aromatic rings. The molecule has 0 aliphatic carbocycles. The summed E-state index contributed by atoms with van der Waals surface area (Å²) in [6, 6.07) is 0. The SMILES string of the molecule is CC(C)OS(=O)ONC(N)=S.[NaH]. The Hall–Kier alpha value is 0.760. The van der Waals surface area contributed by atoms with Crippen molar-refractivity contribution in [2.75, 3.05) is 0 Å². The molecule has 68 valence electrons. The van der Waals surface area contributed by atoms with Crippen LogP contribution in [-0.4, -0.2) is 45.0 Å². The van der Waals surface area contributed by atoms with Crippen molar-refractivity contribution in [1.82, 2.24) is 5.48 Å². The number of hydrogen-bond donors (Lipinski definition) is 2. The van der Waals surface area contributed by atoms with Crippen LogP contribution in [0.15, 0.2) is 0 Å². The fourth-order valence-corrected chi connectivity index (χ4v) is 0.858. The summed E-state index contributed by atoms with van der Waals surface area (Å²) in [7, 11) is 0. The Morgan fingerprint density at radius 3 is 2.50 bits per heavy atom. The van der Waals surface area contributed by atoms with Crippen molar-refractivity contribution < 1.29 is 12.7 Å². The van der Waals surface area contributed by atoms with Gasteiger partial charge in [0.2, 0.25) is 0 Å². The van der Waals surface area contributed by atoms with Gasteiger partial charge in [-0.05, 0) is 26.1 Å². The van der Waals surface area contributed by atoms with Crippen LogP contribution in [0.3, 0.4) is 0 Å². The van der Waals surface area contributed by atoms with Crippen LogP contribution >= 0.6 is 12.2 Å². The number of nitrogens with two attached hydrogens (primary N) is 1. The Morgan fingerprint density at radius 1 is 1.67 bits per heavy atom. The predicted octanol–water partition coefficient (Wildman–Crippen LogP) is -0.894. The summed E-state index contributed by atoms with van der Waals surface area (Å²) in [4.78, 5) is 0. The van der Waals surface area contributed by atoms with E-state index in [1.165, 1.54) is 0 Å². The number of nitrogens with one attached hydrogen (secondary N) is 1. The van der Waals surface area contributed by atoms with Crippen LogP contribution < -0.4 is 11.2 Å². The molecule has 0 fully saturated rings. The molecule has 0 saturated heterocycles. The van der Waals surface area contributed by atoms with E-state index in [0.717, 1.165) is 0 Å². The summed E-state index contributed by atoms with van der Waals surface area (Å²) < 4.78 is 19.7. The Kier molecular flexibility index (Phi) is 10.6. The van der Waals surface area contributed by atoms with Gasteiger partial charge in [0.05, 0.1) is 6.10 Å². The van der Waals surface area contributed by atoms with Crippen LogP contribution in [-0.2, 0) is 19.8 Å². The summed E-state index contributed by atoms with van der Waals surface area (Å²) in [5.74, 6) is 0. The molecule has 0 saturated carbocycles. The molecule has 1 atom stereocenters. The minimum absolute atomic E-state index is 0. The second kappa shape index (κ2) is 8.36. The van der Waals surface area contributed by atoms with Gasteiger partial charge in [-0.2, -0.15) is 4.21 Å². The molecule has 0 amide bonds. The van der Waals surface area contributed by atoms with Crippen LogP contribution in [0.1, 0.15) is 13.8 Å². The van der Waals surface area contributed by atoms with Crippen molar-refractivity contribution >= 4 is 58.2 Å². The maximum absolute atomic E-state index is 10.6. The van der Waals surface area contributed by atoms with Crippen LogP contribution in [0.5, 0.6) is 0 Å². The van der Waals surface area contributed by atoms with E-state index in [4.69, 9.17) is 5.73 Å². The zero-order valence-electron chi connectivity index (χ0n) is 6.20. The molecule has 1 unspecified atom stereocenters. The molecule has 0 rings (SSSR count). The van der Waals surface area contributed by atoms with E-state index in [0.29, 0.717) is 0 Å². The first-order valence-electron chi connectivity index (χ1n) is 2.84. The molecular formula is C4H11N2NaO3S2. The third-order valence-electron chi connectivity index (χ3n) is 0.481. The van der Waals surface area contributed by atoms with E-state index in [1.54, 1.807) is 13.8 Å². The second-order valence-corrected chi connectivity index (χ2v) is 3.11. The summed E-state index contributed by atoms with van der Waals surface area (Å²) in [6.45, 7) is 3.45. The molecule has 3 N–H and O–H groups in total. The van der Waals surface area contributed by atoms with Crippen LogP contribution in [0.2, 0.25) is 0 Å².